The van der Waals surface area contributed by atoms with Crippen LogP contribution in [0.1, 0.15) is 54.6 Å². The van der Waals surface area contributed by atoms with Crippen LogP contribution in [0.2, 0.25) is 0 Å². The zero-order valence-electron chi connectivity index (χ0n) is 15.0. The third kappa shape index (κ3) is 2.80. The van der Waals surface area contributed by atoms with Crippen LogP contribution in [-0.4, -0.2) is 33.8 Å². The Kier molecular flexibility index (Phi) is 3.99. The highest BCUT2D eigenvalue weighted by molar-refractivity contribution is 6.08. The lowest BCUT2D eigenvalue weighted by Gasteiger charge is -2.32. The molecule has 1 saturated heterocycles. The number of fused-ring (bicyclic) bond motifs is 1. The van der Waals surface area contributed by atoms with Crippen LogP contribution < -0.4 is 5.32 Å². The van der Waals surface area contributed by atoms with E-state index in [4.69, 9.17) is 4.74 Å². The molecule has 2 heterocycles. The lowest BCUT2D eigenvalue weighted by atomic mass is 9.82. The van der Waals surface area contributed by atoms with Gasteiger partial charge >= 0.3 is 0 Å². The van der Waals surface area contributed by atoms with Gasteiger partial charge in [-0.1, -0.05) is 19.3 Å². The van der Waals surface area contributed by atoms with Gasteiger partial charge in [0.15, 0.2) is 0 Å². The van der Waals surface area contributed by atoms with Crippen molar-refractivity contribution >= 4 is 16.8 Å². The molecule has 0 unspecified atom stereocenters. The molecule has 1 aromatic heterocycles. The number of ether oxygens (including phenoxy) is 1. The number of aromatic nitrogens is 1. The highest BCUT2D eigenvalue weighted by Gasteiger charge is 2.41. The first-order chi connectivity index (χ1) is 12.0. The number of aromatic hydroxyl groups is 1. The molecule has 2 aromatic rings. The minimum Gasteiger partial charge on any atom is -0.508 e. The highest BCUT2D eigenvalue weighted by Crippen LogP contribution is 2.39. The van der Waals surface area contributed by atoms with Gasteiger partial charge in [-0.2, -0.15) is 0 Å². The summed E-state index contributed by atoms with van der Waals surface area (Å²) in [6.07, 6.45) is 6.88. The summed E-state index contributed by atoms with van der Waals surface area (Å²) in [5.41, 5.74) is 2.50. The molecule has 0 bridgehead atoms. The lowest BCUT2D eigenvalue weighted by Crippen LogP contribution is -2.37. The number of carbonyl (C=O) groups is 1. The minimum absolute atomic E-state index is 0.0116. The first kappa shape index (κ1) is 16.5. The van der Waals surface area contributed by atoms with Crippen molar-refractivity contribution in [3.8, 4) is 5.75 Å². The van der Waals surface area contributed by atoms with Crippen LogP contribution in [0.15, 0.2) is 18.2 Å². The number of nitrogens with zero attached hydrogens (tertiary/aromatic N) is 1. The predicted octanol–water partition coefficient (Wildman–Crippen LogP) is 3.41. The number of phenolic OH excluding ortho intramolecular Hbond substituents is 1. The van der Waals surface area contributed by atoms with Crippen molar-refractivity contribution in [3.05, 3.63) is 29.5 Å². The monoisotopic (exact) mass is 342 g/mol. The second kappa shape index (κ2) is 6.06. The Hall–Kier alpha value is -2.01. The summed E-state index contributed by atoms with van der Waals surface area (Å²) in [6, 6.07) is 5.24. The average Bonchev–Trinajstić information content (AvgIpc) is 3.07. The number of phenols is 1. The number of rotatable bonds is 2. The van der Waals surface area contributed by atoms with Crippen LogP contribution in [0.3, 0.4) is 0 Å². The number of amides is 1. The van der Waals surface area contributed by atoms with E-state index in [1.807, 2.05) is 24.6 Å². The highest BCUT2D eigenvalue weighted by atomic mass is 16.5. The third-order valence-electron chi connectivity index (χ3n) is 6.01. The lowest BCUT2D eigenvalue weighted by molar-refractivity contribution is -0.0246. The zero-order chi connectivity index (χ0) is 17.6. The van der Waals surface area contributed by atoms with E-state index < -0.39 is 0 Å². The summed E-state index contributed by atoms with van der Waals surface area (Å²) in [7, 11) is 1.95. The van der Waals surface area contributed by atoms with E-state index in [1.54, 1.807) is 12.1 Å². The number of aryl methyl sites for hydroxylation is 1. The first-order valence-electron chi connectivity index (χ1n) is 9.22. The van der Waals surface area contributed by atoms with Crippen LogP contribution >= 0.6 is 0 Å². The van der Waals surface area contributed by atoms with Crippen LogP contribution in [0.4, 0.5) is 0 Å². The SMILES string of the molecule is Cc1c(C(=O)N[C@H]2COC3(CCCCC3)C2)c2cc(O)ccc2n1C. The number of carbonyl (C=O) groups excluding carboxylic acids is 1. The van der Waals surface area contributed by atoms with Crippen molar-refractivity contribution in [3.63, 3.8) is 0 Å². The molecule has 5 nitrogen and oxygen atoms in total. The maximum atomic E-state index is 13.0. The predicted molar refractivity (Wildman–Crippen MR) is 97.0 cm³/mol. The number of hydrogen-bond acceptors (Lipinski definition) is 3. The van der Waals surface area contributed by atoms with Crippen molar-refractivity contribution in [1.29, 1.82) is 0 Å². The van der Waals surface area contributed by atoms with Crippen molar-refractivity contribution in [2.24, 2.45) is 7.05 Å². The molecule has 5 heteroatoms. The average molecular weight is 342 g/mol. The Morgan fingerprint density at radius 3 is 2.84 bits per heavy atom. The van der Waals surface area contributed by atoms with E-state index >= 15 is 0 Å². The maximum Gasteiger partial charge on any atom is 0.254 e. The molecule has 1 aromatic carbocycles. The van der Waals surface area contributed by atoms with Gasteiger partial charge in [-0.05, 0) is 44.4 Å². The molecule has 1 aliphatic carbocycles. The fourth-order valence-electron chi connectivity index (χ4n) is 4.59. The van der Waals surface area contributed by atoms with E-state index in [1.165, 1.54) is 19.3 Å². The van der Waals surface area contributed by atoms with Crippen LogP contribution in [0.25, 0.3) is 10.9 Å². The number of benzene rings is 1. The van der Waals surface area contributed by atoms with Crippen molar-refractivity contribution < 1.29 is 14.6 Å². The summed E-state index contributed by atoms with van der Waals surface area (Å²) < 4.78 is 8.11. The summed E-state index contributed by atoms with van der Waals surface area (Å²) >= 11 is 0. The molecule has 2 N–H and O–H groups in total. The molecule has 1 spiro atoms. The molecule has 4 rings (SSSR count). The molecule has 1 saturated carbocycles. The molecule has 0 radical (unpaired) electrons. The molecule has 1 atom stereocenters. The van der Waals surface area contributed by atoms with E-state index in [0.717, 1.165) is 35.9 Å². The maximum absolute atomic E-state index is 13.0. The van der Waals surface area contributed by atoms with Crippen LogP contribution in [0.5, 0.6) is 5.75 Å². The first-order valence-corrected chi connectivity index (χ1v) is 9.22. The van der Waals surface area contributed by atoms with Crippen molar-refractivity contribution in [2.45, 2.75) is 57.1 Å². The molecule has 1 amide bonds. The van der Waals surface area contributed by atoms with Gasteiger partial charge in [-0.25, -0.2) is 0 Å². The van der Waals surface area contributed by atoms with Gasteiger partial charge in [0, 0.05) is 23.6 Å². The Labute approximate surface area is 148 Å². The molecule has 1 aliphatic heterocycles. The summed E-state index contributed by atoms with van der Waals surface area (Å²) in [5, 5.41) is 13.8. The standard InChI is InChI=1S/C20H26N2O3/c1-13-18(16-10-15(23)6-7-17(16)22(13)2)19(24)21-14-11-20(25-12-14)8-4-3-5-9-20/h6-7,10,14,23H,3-5,8-9,11-12H2,1-2H3,(H,21,24)/t14-/m1/s1. The fourth-order valence-corrected chi connectivity index (χ4v) is 4.59. The van der Waals surface area contributed by atoms with Gasteiger partial charge < -0.3 is 19.7 Å². The largest absolute Gasteiger partial charge is 0.508 e. The van der Waals surface area contributed by atoms with Crippen molar-refractivity contribution in [2.75, 3.05) is 6.61 Å². The Morgan fingerprint density at radius 1 is 1.32 bits per heavy atom. The third-order valence-corrected chi connectivity index (χ3v) is 6.01. The Bertz CT molecular complexity index is 818. The molecule has 2 fully saturated rings. The van der Waals surface area contributed by atoms with Gasteiger partial charge in [0.2, 0.25) is 0 Å². The number of nitrogens with one attached hydrogen (secondary N) is 1. The van der Waals surface area contributed by atoms with E-state index in [9.17, 15) is 9.90 Å². The smallest absolute Gasteiger partial charge is 0.254 e. The molecular formula is C20H26N2O3. The molecular weight excluding hydrogens is 316 g/mol. The number of hydrogen-bond donors (Lipinski definition) is 2. The van der Waals surface area contributed by atoms with Gasteiger partial charge in [-0.15, -0.1) is 0 Å². The van der Waals surface area contributed by atoms with Crippen molar-refractivity contribution in [1.82, 2.24) is 9.88 Å². The fraction of sp³-hybridized carbons (Fsp3) is 0.550. The van der Waals surface area contributed by atoms with E-state index in [0.29, 0.717) is 12.2 Å². The quantitative estimate of drug-likeness (QED) is 0.879. The normalized spacial score (nSPS) is 22.6. The minimum atomic E-state index is -0.0739. The van der Waals surface area contributed by atoms with E-state index in [2.05, 4.69) is 5.32 Å². The van der Waals surface area contributed by atoms with Gasteiger partial charge in [0.1, 0.15) is 5.75 Å². The van der Waals surface area contributed by atoms with Gasteiger partial charge in [0.05, 0.1) is 23.8 Å². The van der Waals surface area contributed by atoms with Crippen LogP contribution in [0, 0.1) is 6.92 Å². The molecule has 2 aliphatic rings. The summed E-state index contributed by atoms with van der Waals surface area (Å²) in [4.78, 5) is 13.0. The topological polar surface area (TPSA) is 63.5 Å². The molecule has 25 heavy (non-hydrogen) atoms. The second-order valence-electron chi connectivity index (χ2n) is 7.65. The van der Waals surface area contributed by atoms with Gasteiger partial charge in [0.25, 0.3) is 5.91 Å². The Balaban J connectivity index is 1.57. The summed E-state index contributed by atoms with van der Waals surface area (Å²) in [5.74, 6) is 0.104. The van der Waals surface area contributed by atoms with Gasteiger partial charge in [-0.3, -0.25) is 4.79 Å². The zero-order valence-corrected chi connectivity index (χ0v) is 15.0. The Morgan fingerprint density at radius 2 is 2.08 bits per heavy atom. The second-order valence-corrected chi connectivity index (χ2v) is 7.65. The van der Waals surface area contributed by atoms with E-state index in [-0.39, 0.29) is 23.3 Å². The molecule has 134 valence electrons. The van der Waals surface area contributed by atoms with Crippen LogP contribution in [-0.2, 0) is 11.8 Å². The summed E-state index contributed by atoms with van der Waals surface area (Å²) in [6.45, 7) is 2.54.